The van der Waals surface area contributed by atoms with Gasteiger partial charge < -0.3 is 30.5 Å². The standard InChI is InChI=1S/C33H39FN8O2/c1-4-31(43)37-28-19-29(42-16-12-24(13-17-42)41-14-8-5-9-15-41)25(34)18-27(28)39-33-36-21-23(20-35)32(40-33)38-26-10-6-7-11-30(26)44-22(2)3/h4,6-7,10-11,18-19,21-22,24H,1,5,8-9,12-17H2,2-3H3,(H,37,43)(H2,36,38,39,40). The van der Waals surface area contributed by atoms with E-state index in [0.29, 0.717) is 28.9 Å². The zero-order valence-electron chi connectivity index (χ0n) is 25.3. The Morgan fingerprint density at radius 2 is 1.84 bits per heavy atom. The Balaban J connectivity index is 1.39. The summed E-state index contributed by atoms with van der Waals surface area (Å²) in [5.74, 6) is 0.102. The lowest BCUT2D eigenvalue weighted by Gasteiger charge is -2.41. The summed E-state index contributed by atoms with van der Waals surface area (Å²) < 4.78 is 21.6. The zero-order chi connectivity index (χ0) is 31.1. The molecule has 0 spiro atoms. The van der Waals surface area contributed by atoms with Gasteiger partial charge in [0.15, 0.2) is 5.82 Å². The molecule has 10 nitrogen and oxygen atoms in total. The molecule has 0 atom stereocenters. The average Bonchev–Trinajstić information content (AvgIpc) is 3.03. The van der Waals surface area contributed by atoms with Gasteiger partial charge in [-0.15, -0.1) is 0 Å². The molecule has 1 amide bonds. The molecule has 2 aliphatic rings. The molecule has 0 bridgehead atoms. The fourth-order valence-electron chi connectivity index (χ4n) is 5.74. The van der Waals surface area contributed by atoms with Gasteiger partial charge in [0.25, 0.3) is 0 Å². The number of nitrogens with zero attached hydrogens (tertiary/aromatic N) is 5. The Hall–Kier alpha value is -4.69. The van der Waals surface area contributed by atoms with Gasteiger partial charge in [0.1, 0.15) is 23.2 Å². The number of piperidine rings is 2. The van der Waals surface area contributed by atoms with Gasteiger partial charge in [0.05, 0.1) is 35.1 Å². The van der Waals surface area contributed by atoms with Crippen molar-refractivity contribution < 1.29 is 13.9 Å². The van der Waals surface area contributed by atoms with Crippen molar-refractivity contribution in [1.82, 2.24) is 14.9 Å². The summed E-state index contributed by atoms with van der Waals surface area (Å²) in [4.78, 5) is 25.8. The van der Waals surface area contributed by atoms with Crippen molar-refractivity contribution >= 4 is 40.4 Å². The summed E-state index contributed by atoms with van der Waals surface area (Å²) in [7, 11) is 0. The van der Waals surface area contributed by atoms with Gasteiger partial charge in [-0.3, -0.25) is 4.79 Å². The predicted molar refractivity (Wildman–Crippen MR) is 171 cm³/mol. The van der Waals surface area contributed by atoms with Gasteiger partial charge in [0.2, 0.25) is 11.9 Å². The van der Waals surface area contributed by atoms with E-state index in [2.05, 4.69) is 43.5 Å². The molecule has 3 aromatic rings. The summed E-state index contributed by atoms with van der Waals surface area (Å²) in [6, 6.07) is 12.9. The topological polar surface area (TPSA) is 118 Å². The molecule has 2 aromatic carbocycles. The Bertz CT molecular complexity index is 1520. The van der Waals surface area contributed by atoms with E-state index in [-0.39, 0.29) is 29.1 Å². The number of carbonyl (C=O) groups excluding carboxylic acids is 1. The summed E-state index contributed by atoms with van der Waals surface area (Å²) in [5.41, 5.74) is 1.90. The number of rotatable bonds is 10. The lowest BCUT2D eigenvalue weighted by atomic mass is 9.99. The van der Waals surface area contributed by atoms with E-state index < -0.39 is 11.7 Å². The molecule has 44 heavy (non-hydrogen) atoms. The molecule has 2 fully saturated rings. The maximum atomic E-state index is 15.7. The third kappa shape index (κ3) is 7.44. The van der Waals surface area contributed by atoms with Crippen LogP contribution in [0, 0.1) is 17.1 Å². The monoisotopic (exact) mass is 598 g/mol. The first-order valence-electron chi connectivity index (χ1n) is 15.2. The molecule has 0 unspecified atom stereocenters. The molecule has 5 rings (SSSR count). The number of anilines is 6. The number of para-hydroxylation sites is 2. The predicted octanol–water partition coefficient (Wildman–Crippen LogP) is 6.34. The van der Waals surface area contributed by atoms with Crippen LogP contribution in [0.2, 0.25) is 0 Å². The van der Waals surface area contributed by atoms with Crippen LogP contribution in [0.1, 0.15) is 51.5 Å². The first-order chi connectivity index (χ1) is 21.3. The fraction of sp³-hybridized carbons (Fsp3) is 0.394. The maximum Gasteiger partial charge on any atom is 0.247 e. The highest BCUT2D eigenvalue weighted by molar-refractivity contribution is 6.02. The summed E-state index contributed by atoms with van der Waals surface area (Å²) >= 11 is 0. The number of hydrogen-bond donors (Lipinski definition) is 3. The second-order valence-electron chi connectivity index (χ2n) is 11.3. The van der Waals surface area contributed by atoms with Crippen molar-refractivity contribution in [3.63, 3.8) is 0 Å². The molecule has 2 saturated heterocycles. The third-order valence-electron chi connectivity index (χ3n) is 7.90. The highest BCUT2D eigenvalue weighted by Crippen LogP contribution is 2.35. The number of aromatic nitrogens is 2. The molecule has 0 saturated carbocycles. The quantitative estimate of drug-likeness (QED) is 0.230. The van der Waals surface area contributed by atoms with Crippen molar-refractivity contribution in [1.29, 1.82) is 5.26 Å². The fourth-order valence-corrected chi connectivity index (χ4v) is 5.74. The normalized spacial score (nSPS) is 15.8. The number of amides is 1. The molecule has 2 aliphatic heterocycles. The number of likely N-dealkylation sites (tertiary alicyclic amines) is 1. The number of halogens is 1. The van der Waals surface area contributed by atoms with Crippen LogP contribution in [0.25, 0.3) is 0 Å². The Morgan fingerprint density at radius 1 is 1.09 bits per heavy atom. The number of carbonyl (C=O) groups is 1. The lowest BCUT2D eigenvalue weighted by Crippen LogP contribution is -2.47. The van der Waals surface area contributed by atoms with Crippen LogP contribution in [-0.2, 0) is 4.79 Å². The zero-order valence-corrected chi connectivity index (χ0v) is 25.3. The minimum atomic E-state index is -0.431. The van der Waals surface area contributed by atoms with Gasteiger partial charge in [-0.1, -0.05) is 25.1 Å². The highest BCUT2D eigenvalue weighted by Gasteiger charge is 2.27. The molecule has 11 heteroatoms. The molecular weight excluding hydrogens is 559 g/mol. The number of benzene rings is 2. The lowest BCUT2D eigenvalue weighted by molar-refractivity contribution is -0.111. The van der Waals surface area contributed by atoms with Crippen molar-refractivity contribution in [2.45, 2.75) is 58.1 Å². The molecule has 230 valence electrons. The highest BCUT2D eigenvalue weighted by atomic mass is 19.1. The number of ether oxygens (including phenoxy) is 1. The van der Waals surface area contributed by atoms with Gasteiger partial charge in [-0.2, -0.15) is 10.2 Å². The number of nitrogens with one attached hydrogen (secondary N) is 3. The van der Waals surface area contributed by atoms with Crippen molar-refractivity contribution in [3.8, 4) is 11.8 Å². The van der Waals surface area contributed by atoms with Crippen LogP contribution in [0.5, 0.6) is 5.75 Å². The molecule has 3 heterocycles. The largest absolute Gasteiger partial charge is 0.489 e. The van der Waals surface area contributed by atoms with Crippen LogP contribution >= 0.6 is 0 Å². The maximum absolute atomic E-state index is 15.7. The van der Waals surface area contributed by atoms with E-state index in [9.17, 15) is 10.1 Å². The van der Waals surface area contributed by atoms with Crippen LogP contribution in [-0.4, -0.2) is 59.1 Å². The van der Waals surface area contributed by atoms with Crippen molar-refractivity contribution in [3.05, 3.63) is 66.6 Å². The number of nitriles is 1. The Morgan fingerprint density at radius 3 is 2.55 bits per heavy atom. The Kier molecular flexibility index (Phi) is 9.92. The average molecular weight is 599 g/mol. The molecular formula is C33H39FN8O2. The molecule has 0 radical (unpaired) electrons. The van der Waals surface area contributed by atoms with E-state index in [1.807, 2.05) is 43.0 Å². The summed E-state index contributed by atoms with van der Waals surface area (Å²) in [5, 5.41) is 18.7. The van der Waals surface area contributed by atoms with E-state index in [1.54, 1.807) is 6.07 Å². The minimum absolute atomic E-state index is 0.0564. The second-order valence-corrected chi connectivity index (χ2v) is 11.3. The van der Waals surface area contributed by atoms with Crippen LogP contribution < -0.4 is 25.6 Å². The minimum Gasteiger partial charge on any atom is -0.489 e. The summed E-state index contributed by atoms with van der Waals surface area (Å²) in [6.45, 7) is 11.2. The van der Waals surface area contributed by atoms with Gasteiger partial charge in [0, 0.05) is 25.2 Å². The van der Waals surface area contributed by atoms with Crippen LogP contribution in [0.15, 0.2) is 55.3 Å². The van der Waals surface area contributed by atoms with Crippen molar-refractivity contribution in [2.75, 3.05) is 47.0 Å². The van der Waals surface area contributed by atoms with Crippen molar-refractivity contribution in [2.24, 2.45) is 0 Å². The molecule has 3 N–H and O–H groups in total. The third-order valence-corrected chi connectivity index (χ3v) is 7.90. The van der Waals surface area contributed by atoms with Crippen LogP contribution in [0.3, 0.4) is 0 Å². The van der Waals surface area contributed by atoms with Gasteiger partial charge >= 0.3 is 0 Å². The van der Waals surface area contributed by atoms with Gasteiger partial charge in [-0.05, 0) is 76.9 Å². The smallest absolute Gasteiger partial charge is 0.247 e. The van der Waals surface area contributed by atoms with Gasteiger partial charge in [-0.25, -0.2) is 9.37 Å². The van der Waals surface area contributed by atoms with E-state index in [1.165, 1.54) is 31.5 Å². The molecule has 0 aliphatic carbocycles. The second kappa shape index (κ2) is 14.2. The SMILES string of the molecule is C=CC(=O)Nc1cc(N2CCC(N3CCCCC3)CC2)c(F)cc1Nc1ncc(C#N)c(Nc2ccccc2OC(C)C)n1. The van der Waals surface area contributed by atoms with Crippen LogP contribution in [0.4, 0.5) is 38.9 Å². The first-order valence-corrected chi connectivity index (χ1v) is 15.2. The van der Waals surface area contributed by atoms with E-state index >= 15 is 4.39 Å². The van der Waals surface area contributed by atoms with E-state index in [0.717, 1.165) is 45.1 Å². The summed E-state index contributed by atoms with van der Waals surface area (Å²) in [6.07, 6.45) is 8.20. The molecule has 1 aromatic heterocycles. The Labute approximate surface area is 257 Å². The number of hydrogen-bond acceptors (Lipinski definition) is 9. The first kappa shape index (κ1) is 30.8. The van der Waals surface area contributed by atoms with E-state index in [4.69, 9.17) is 4.74 Å².